The quantitative estimate of drug-likeness (QED) is 0.522. The Balaban J connectivity index is 1.92. The van der Waals surface area contributed by atoms with E-state index in [1.165, 1.54) is 0 Å². The monoisotopic (exact) mass is 398 g/mol. The molecule has 6 nitrogen and oxygen atoms in total. The number of H-pyrrole nitrogens is 1. The van der Waals surface area contributed by atoms with Crippen LogP contribution >= 0.6 is 15.9 Å². The number of aromatic nitrogens is 2. The van der Waals surface area contributed by atoms with Crippen molar-refractivity contribution >= 4 is 38.3 Å². The van der Waals surface area contributed by atoms with E-state index in [0.717, 1.165) is 15.7 Å². The van der Waals surface area contributed by atoms with Gasteiger partial charge in [0.05, 0.1) is 11.1 Å². The fourth-order valence-corrected chi connectivity index (χ4v) is 2.87. The number of hydrogen-bond acceptors (Lipinski definition) is 4. The Morgan fingerprint density at radius 3 is 2.68 bits per heavy atom. The molecule has 1 heterocycles. The first-order valence-corrected chi connectivity index (χ1v) is 8.49. The second-order valence-electron chi connectivity index (χ2n) is 5.31. The number of hydrogen-bond donors (Lipinski definition) is 2. The summed E-state index contributed by atoms with van der Waals surface area (Å²) in [5, 5.41) is 11.3. The molecule has 3 aromatic rings. The number of nitrogens with zero attached hydrogens (tertiary/aromatic N) is 2. The molecule has 2 N–H and O–H groups in total. The summed E-state index contributed by atoms with van der Waals surface area (Å²) in [7, 11) is 0. The smallest absolute Gasteiger partial charge is 0.267 e. The fourth-order valence-electron chi connectivity index (χ4n) is 2.47. The van der Waals surface area contributed by atoms with E-state index in [1.807, 2.05) is 31.2 Å². The molecule has 25 heavy (non-hydrogen) atoms. The zero-order chi connectivity index (χ0) is 17.8. The van der Waals surface area contributed by atoms with Crippen molar-refractivity contribution in [2.24, 2.45) is 5.10 Å². The summed E-state index contributed by atoms with van der Waals surface area (Å²) in [5.41, 5.74) is 3.98. The van der Waals surface area contributed by atoms with Crippen molar-refractivity contribution in [3.63, 3.8) is 0 Å². The summed E-state index contributed by atoms with van der Waals surface area (Å²) in [5.74, 6) is -0.478. The van der Waals surface area contributed by atoms with Crippen molar-refractivity contribution in [2.45, 2.75) is 13.3 Å². The van der Waals surface area contributed by atoms with Gasteiger partial charge in [-0.15, -0.1) is 0 Å². The number of fused-ring (bicyclic) bond motifs is 1. The highest BCUT2D eigenvalue weighted by molar-refractivity contribution is 9.10. The zero-order valence-electron chi connectivity index (χ0n) is 13.4. The van der Waals surface area contributed by atoms with Crippen LogP contribution in [0.3, 0.4) is 0 Å². The molecule has 1 amide bonds. The lowest BCUT2D eigenvalue weighted by Gasteiger charge is -2.07. The number of aromatic amines is 1. The third-order valence-electron chi connectivity index (χ3n) is 3.70. The van der Waals surface area contributed by atoms with E-state index in [4.69, 9.17) is 0 Å². The Labute approximate surface area is 152 Å². The van der Waals surface area contributed by atoms with E-state index < -0.39 is 5.91 Å². The molecular formula is C18H15BrN4O2. The molecule has 7 heteroatoms. The Bertz CT molecular complexity index is 1030. The summed E-state index contributed by atoms with van der Waals surface area (Å²) in [6.07, 6.45) is 0.649. The van der Waals surface area contributed by atoms with Gasteiger partial charge in [-0.25, -0.2) is 10.5 Å². The van der Waals surface area contributed by atoms with Crippen LogP contribution in [0.15, 0.2) is 62.9 Å². The van der Waals surface area contributed by atoms with Crippen LogP contribution in [0.1, 0.15) is 29.4 Å². The number of rotatable bonds is 4. The van der Waals surface area contributed by atoms with Gasteiger partial charge in [-0.3, -0.25) is 9.59 Å². The second-order valence-corrected chi connectivity index (χ2v) is 6.23. The molecule has 126 valence electrons. The molecule has 0 aliphatic heterocycles. The van der Waals surface area contributed by atoms with E-state index in [0.29, 0.717) is 17.2 Å². The van der Waals surface area contributed by atoms with Crippen molar-refractivity contribution in [1.82, 2.24) is 15.6 Å². The molecule has 0 aliphatic rings. The number of hydrazone groups is 1. The van der Waals surface area contributed by atoms with Gasteiger partial charge in [0.15, 0.2) is 5.69 Å². The summed E-state index contributed by atoms with van der Waals surface area (Å²) in [6, 6.07) is 14.5. The first-order chi connectivity index (χ1) is 12.1. The Morgan fingerprint density at radius 2 is 1.96 bits per heavy atom. The molecule has 0 atom stereocenters. The van der Waals surface area contributed by atoms with Crippen molar-refractivity contribution in [3.8, 4) is 0 Å². The minimum atomic E-state index is -0.478. The Kier molecular flexibility index (Phi) is 5.04. The molecule has 0 spiro atoms. The predicted octanol–water partition coefficient (Wildman–Crippen LogP) is 3.23. The van der Waals surface area contributed by atoms with Gasteiger partial charge in [0, 0.05) is 9.86 Å². The molecule has 0 fully saturated rings. The predicted molar refractivity (Wildman–Crippen MR) is 101 cm³/mol. The van der Waals surface area contributed by atoms with Crippen LogP contribution in [0.4, 0.5) is 0 Å². The largest absolute Gasteiger partial charge is 0.292 e. The lowest BCUT2D eigenvalue weighted by molar-refractivity contribution is 0.0950. The van der Waals surface area contributed by atoms with E-state index >= 15 is 0 Å². The van der Waals surface area contributed by atoms with Gasteiger partial charge >= 0.3 is 0 Å². The zero-order valence-corrected chi connectivity index (χ0v) is 15.0. The first-order valence-electron chi connectivity index (χ1n) is 7.70. The van der Waals surface area contributed by atoms with Crippen LogP contribution in [0.2, 0.25) is 0 Å². The third-order valence-corrected chi connectivity index (χ3v) is 4.19. The van der Waals surface area contributed by atoms with E-state index in [-0.39, 0.29) is 11.3 Å². The van der Waals surface area contributed by atoms with Crippen molar-refractivity contribution < 1.29 is 4.79 Å². The molecular weight excluding hydrogens is 384 g/mol. The Morgan fingerprint density at radius 1 is 1.20 bits per heavy atom. The van der Waals surface area contributed by atoms with Crippen LogP contribution in [-0.4, -0.2) is 21.8 Å². The van der Waals surface area contributed by atoms with Crippen molar-refractivity contribution in [2.75, 3.05) is 0 Å². The highest BCUT2D eigenvalue weighted by Gasteiger charge is 2.14. The molecule has 0 unspecified atom stereocenters. The molecule has 0 saturated heterocycles. The second kappa shape index (κ2) is 7.40. The maximum atomic E-state index is 12.5. The summed E-state index contributed by atoms with van der Waals surface area (Å²) in [6.45, 7) is 1.96. The maximum Gasteiger partial charge on any atom is 0.292 e. The van der Waals surface area contributed by atoms with Gasteiger partial charge in [0.1, 0.15) is 0 Å². The van der Waals surface area contributed by atoms with E-state index in [9.17, 15) is 9.59 Å². The summed E-state index contributed by atoms with van der Waals surface area (Å²) in [4.78, 5) is 24.3. The van der Waals surface area contributed by atoms with Gasteiger partial charge in [0.25, 0.3) is 11.5 Å². The molecule has 2 aromatic carbocycles. The molecule has 0 saturated carbocycles. The lowest BCUT2D eigenvalue weighted by atomic mass is 10.1. The molecule has 0 bridgehead atoms. The molecule has 0 radical (unpaired) electrons. The minimum absolute atomic E-state index is 0.128. The SMILES string of the molecule is CC/C(=N/NC(=O)c1n[nH]c(=O)c2ccccc12)c1cccc(Br)c1. The van der Waals surface area contributed by atoms with E-state index in [1.54, 1.807) is 24.3 Å². The van der Waals surface area contributed by atoms with Gasteiger partial charge in [-0.1, -0.05) is 53.2 Å². The molecule has 1 aromatic heterocycles. The number of amides is 1. The molecule has 0 aliphatic carbocycles. The van der Waals surface area contributed by atoms with Crippen molar-refractivity contribution in [1.29, 1.82) is 0 Å². The van der Waals surface area contributed by atoms with Crippen molar-refractivity contribution in [3.05, 3.63) is 74.6 Å². The summed E-state index contributed by atoms with van der Waals surface area (Å²) < 4.78 is 0.936. The van der Waals surface area contributed by atoms with Gasteiger partial charge < -0.3 is 0 Å². The number of nitrogens with one attached hydrogen (secondary N) is 2. The van der Waals surface area contributed by atoms with Crippen LogP contribution in [0.5, 0.6) is 0 Å². The number of benzene rings is 2. The Hall–Kier alpha value is -2.80. The number of carbonyl (C=O) groups excluding carboxylic acids is 1. The number of halogens is 1. The van der Waals surface area contributed by atoms with Crippen LogP contribution in [0, 0.1) is 0 Å². The van der Waals surface area contributed by atoms with E-state index in [2.05, 4.69) is 36.7 Å². The standard InChI is InChI=1S/C18H15BrN4O2/c1-2-15(11-6-5-7-12(19)10-11)20-23-18(25)16-13-8-3-4-9-14(13)17(24)22-21-16/h3-10H,2H2,1H3,(H,22,24)(H,23,25)/b20-15-. The normalized spacial score (nSPS) is 11.5. The van der Waals surface area contributed by atoms with Crippen LogP contribution in [-0.2, 0) is 0 Å². The van der Waals surface area contributed by atoms with Crippen LogP contribution < -0.4 is 11.0 Å². The van der Waals surface area contributed by atoms with Gasteiger partial charge in [-0.05, 0) is 30.2 Å². The first kappa shape index (κ1) is 17.0. The maximum absolute atomic E-state index is 12.5. The van der Waals surface area contributed by atoms with Gasteiger partial charge in [-0.2, -0.15) is 10.2 Å². The van der Waals surface area contributed by atoms with Gasteiger partial charge in [0.2, 0.25) is 0 Å². The molecule has 3 rings (SSSR count). The topological polar surface area (TPSA) is 87.2 Å². The number of carbonyl (C=O) groups is 1. The highest BCUT2D eigenvalue weighted by Crippen LogP contribution is 2.14. The lowest BCUT2D eigenvalue weighted by Crippen LogP contribution is -2.24. The minimum Gasteiger partial charge on any atom is -0.267 e. The highest BCUT2D eigenvalue weighted by atomic mass is 79.9. The summed E-state index contributed by atoms with van der Waals surface area (Å²) >= 11 is 3.42. The average molecular weight is 399 g/mol. The van der Waals surface area contributed by atoms with Crippen LogP contribution in [0.25, 0.3) is 10.8 Å². The average Bonchev–Trinajstić information content (AvgIpc) is 2.63. The fraction of sp³-hybridized carbons (Fsp3) is 0.111. The third kappa shape index (κ3) is 3.66.